The summed E-state index contributed by atoms with van der Waals surface area (Å²) >= 11 is 3.40. The molecule has 1 fully saturated rings. The molecule has 1 aromatic heterocycles. The number of hydrogen-bond acceptors (Lipinski definition) is 6. The van der Waals surface area contributed by atoms with Crippen LogP contribution >= 0.6 is 23.1 Å². The SMILES string of the molecule is COc1c(N2CCSC(C)(C)C2)sc(C#N)c1N. The molecular weight excluding hydrogens is 266 g/mol. The Morgan fingerprint density at radius 3 is 2.78 bits per heavy atom. The predicted molar refractivity (Wildman–Crippen MR) is 78.7 cm³/mol. The maximum absolute atomic E-state index is 9.05. The molecule has 1 aromatic rings. The van der Waals surface area contributed by atoms with Gasteiger partial charge in [-0.3, -0.25) is 0 Å². The molecule has 1 aliphatic rings. The van der Waals surface area contributed by atoms with Gasteiger partial charge >= 0.3 is 0 Å². The van der Waals surface area contributed by atoms with Crippen LogP contribution in [0.2, 0.25) is 0 Å². The van der Waals surface area contributed by atoms with Crippen LogP contribution in [0.25, 0.3) is 0 Å². The molecule has 0 radical (unpaired) electrons. The van der Waals surface area contributed by atoms with E-state index in [4.69, 9.17) is 15.7 Å². The van der Waals surface area contributed by atoms with Gasteiger partial charge in [0.05, 0.1) is 7.11 Å². The van der Waals surface area contributed by atoms with Crippen molar-refractivity contribution in [3.05, 3.63) is 4.88 Å². The van der Waals surface area contributed by atoms with Gasteiger partial charge in [0.1, 0.15) is 21.6 Å². The molecule has 1 saturated heterocycles. The highest BCUT2D eigenvalue weighted by Crippen LogP contribution is 2.46. The van der Waals surface area contributed by atoms with Gasteiger partial charge in [-0.1, -0.05) is 0 Å². The van der Waals surface area contributed by atoms with Crippen LogP contribution in [0.4, 0.5) is 10.7 Å². The van der Waals surface area contributed by atoms with Gasteiger partial charge in [0.2, 0.25) is 0 Å². The summed E-state index contributed by atoms with van der Waals surface area (Å²) in [5.41, 5.74) is 6.40. The van der Waals surface area contributed by atoms with E-state index in [1.54, 1.807) is 7.11 Å². The first-order valence-corrected chi connectivity index (χ1v) is 7.54. The van der Waals surface area contributed by atoms with E-state index in [2.05, 4.69) is 24.8 Å². The first-order valence-electron chi connectivity index (χ1n) is 5.74. The average Bonchev–Trinajstić information content (AvgIpc) is 2.64. The molecule has 98 valence electrons. The van der Waals surface area contributed by atoms with Crippen molar-refractivity contribution in [3.63, 3.8) is 0 Å². The first kappa shape index (κ1) is 13.4. The molecule has 0 aromatic carbocycles. The molecule has 2 N–H and O–H groups in total. The van der Waals surface area contributed by atoms with Crippen molar-refractivity contribution in [1.82, 2.24) is 0 Å². The number of nitrogen functional groups attached to an aromatic ring is 1. The van der Waals surface area contributed by atoms with Gasteiger partial charge in [-0.2, -0.15) is 17.0 Å². The second kappa shape index (κ2) is 4.90. The maximum atomic E-state index is 9.05. The maximum Gasteiger partial charge on any atom is 0.177 e. The van der Waals surface area contributed by atoms with Crippen LogP contribution in [0.5, 0.6) is 5.75 Å². The Kier molecular flexibility index (Phi) is 3.64. The number of nitrogens with zero attached hydrogens (tertiary/aromatic N) is 2. The lowest BCUT2D eigenvalue weighted by Gasteiger charge is -2.38. The molecule has 0 spiro atoms. The average molecular weight is 283 g/mol. The number of thiophene rings is 1. The Balaban J connectivity index is 2.36. The summed E-state index contributed by atoms with van der Waals surface area (Å²) in [4.78, 5) is 2.81. The standard InChI is InChI=1S/C12H17N3OS2/c1-12(2)7-15(4-5-17-12)11-10(16-3)9(14)8(6-13)18-11/h4-5,7,14H2,1-3H3. The van der Waals surface area contributed by atoms with Crippen molar-refractivity contribution in [2.45, 2.75) is 18.6 Å². The van der Waals surface area contributed by atoms with Gasteiger partial charge in [0.25, 0.3) is 0 Å². The van der Waals surface area contributed by atoms with Crippen LogP contribution in [0, 0.1) is 11.3 Å². The van der Waals surface area contributed by atoms with Crippen LogP contribution < -0.4 is 15.4 Å². The number of thioether (sulfide) groups is 1. The Morgan fingerprint density at radius 2 is 2.22 bits per heavy atom. The fourth-order valence-electron chi connectivity index (χ4n) is 2.09. The number of rotatable bonds is 2. The second-order valence-electron chi connectivity index (χ2n) is 4.82. The zero-order valence-electron chi connectivity index (χ0n) is 10.8. The molecule has 0 unspecified atom stereocenters. The summed E-state index contributed by atoms with van der Waals surface area (Å²) in [5.74, 6) is 1.73. The molecule has 6 heteroatoms. The molecule has 1 aliphatic heterocycles. The topological polar surface area (TPSA) is 62.3 Å². The van der Waals surface area contributed by atoms with E-state index in [-0.39, 0.29) is 4.75 Å². The summed E-state index contributed by atoms with van der Waals surface area (Å²) < 4.78 is 5.58. The van der Waals surface area contributed by atoms with Crippen LogP contribution in [0.1, 0.15) is 18.7 Å². The van der Waals surface area contributed by atoms with E-state index in [0.717, 1.165) is 23.8 Å². The quantitative estimate of drug-likeness (QED) is 0.903. The van der Waals surface area contributed by atoms with E-state index in [1.807, 2.05) is 11.8 Å². The summed E-state index contributed by atoms with van der Waals surface area (Å²) in [7, 11) is 1.60. The smallest absolute Gasteiger partial charge is 0.177 e. The molecular formula is C12H17N3OS2. The zero-order valence-corrected chi connectivity index (χ0v) is 12.5. The third kappa shape index (κ3) is 2.38. The van der Waals surface area contributed by atoms with E-state index < -0.39 is 0 Å². The van der Waals surface area contributed by atoms with E-state index in [0.29, 0.717) is 16.3 Å². The Morgan fingerprint density at radius 1 is 1.50 bits per heavy atom. The Labute approximate surface area is 116 Å². The van der Waals surface area contributed by atoms with Gasteiger partial charge < -0.3 is 15.4 Å². The molecule has 2 heterocycles. The number of hydrogen-bond donors (Lipinski definition) is 1. The summed E-state index contributed by atoms with van der Waals surface area (Å²) in [6.07, 6.45) is 0. The molecule has 0 amide bonds. The van der Waals surface area contributed by atoms with Crippen LogP contribution in [-0.4, -0.2) is 30.7 Å². The Hall–Kier alpha value is -1.06. The number of nitriles is 1. The normalized spacial score (nSPS) is 18.4. The number of methoxy groups -OCH3 is 1. The highest BCUT2D eigenvalue weighted by Gasteiger charge is 2.31. The monoisotopic (exact) mass is 283 g/mol. The highest BCUT2D eigenvalue weighted by atomic mass is 32.2. The molecule has 0 atom stereocenters. The second-order valence-corrected chi connectivity index (χ2v) is 7.63. The van der Waals surface area contributed by atoms with Crippen molar-refractivity contribution in [2.24, 2.45) is 0 Å². The third-order valence-corrected chi connectivity index (χ3v) is 5.35. The molecule has 18 heavy (non-hydrogen) atoms. The molecule has 2 rings (SSSR count). The van der Waals surface area contributed by atoms with Crippen LogP contribution in [0.3, 0.4) is 0 Å². The fourth-order valence-corrected chi connectivity index (χ4v) is 4.22. The van der Waals surface area contributed by atoms with E-state index >= 15 is 0 Å². The predicted octanol–water partition coefficient (Wildman–Crippen LogP) is 2.54. The van der Waals surface area contributed by atoms with Gasteiger partial charge in [-0.25, -0.2) is 0 Å². The van der Waals surface area contributed by atoms with Crippen molar-refractivity contribution >= 4 is 33.8 Å². The summed E-state index contributed by atoms with van der Waals surface area (Å²) in [6.45, 7) is 6.38. The van der Waals surface area contributed by atoms with Crippen molar-refractivity contribution in [1.29, 1.82) is 5.26 Å². The highest BCUT2D eigenvalue weighted by molar-refractivity contribution is 8.00. The lowest BCUT2D eigenvalue weighted by Crippen LogP contribution is -2.42. The molecule has 0 aliphatic carbocycles. The van der Waals surface area contributed by atoms with Crippen LogP contribution in [-0.2, 0) is 0 Å². The minimum atomic E-state index is 0.217. The van der Waals surface area contributed by atoms with E-state index in [1.165, 1.54) is 11.3 Å². The zero-order chi connectivity index (χ0) is 13.3. The van der Waals surface area contributed by atoms with Crippen molar-refractivity contribution < 1.29 is 4.74 Å². The van der Waals surface area contributed by atoms with Gasteiger partial charge in [-0.15, -0.1) is 11.3 Å². The molecule has 4 nitrogen and oxygen atoms in total. The molecule has 0 bridgehead atoms. The Bertz CT molecular complexity index is 490. The lowest BCUT2D eigenvalue weighted by molar-refractivity contribution is 0.418. The van der Waals surface area contributed by atoms with Crippen molar-refractivity contribution in [2.75, 3.05) is 36.6 Å². The lowest BCUT2D eigenvalue weighted by atomic mass is 10.2. The largest absolute Gasteiger partial charge is 0.492 e. The van der Waals surface area contributed by atoms with Gasteiger partial charge in [0, 0.05) is 23.6 Å². The first-order chi connectivity index (χ1) is 8.48. The summed E-state index contributed by atoms with van der Waals surface area (Å²) in [6, 6.07) is 2.13. The summed E-state index contributed by atoms with van der Waals surface area (Å²) in [5, 5.41) is 10.0. The minimum absolute atomic E-state index is 0.217. The van der Waals surface area contributed by atoms with Gasteiger partial charge in [0.15, 0.2) is 5.75 Å². The van der Waals surface area contributed by atoms with Gasteiger partial charge in [-0.05, 0) is 13.8 Å². The number of ether oxygens (including phenoxy) is 1. The minimum Gasteiger partial charge on any atom is -0.492 e. The number of nitrogens with two attached hydrogens (primary N) is 1. The number of anilines is 2. The third-order valence-electron chi connectivity index (χ3n) is 2.90. The van der Waals surface area contributed by atoms with Crippen LogP contribution in [0.15, 0.2) is 0 Å². The molecule has 0 saturated carbocycles. The fraction of sp³-hybridized carbons (Fsp3) is 0.583. The van der Waals surface area contributed by atoms with E-state index in [9.17, 15) is 0 Å². The van der Waals surface area contributed by atoms with Crippen molar-refractivity contribution in [3.8, 4) is 11.8 Å².